The van der Waals surface area contributed by atoms with Gasteiger partial charge < -0.3 is 30.5 Å². The molecule has 8 nitrogen and oxygen atoms in total. The minimum Gasteiger partial charge on any atom is -0.391 e. The van der Waals surface area contributed by atoms with Crippen molar-refractivity contribution in [3.05, 3.63) is 0 Å². The Labute approximate surface area is 165 Å². The van der Waals surface area contributed by atoms with Crippen molar-refractivity contribution in [2.24, 2.45) is 5.92 Å². The molecule has 2 fully saturated rings. The van der Waals surface area contributed by atoms with Gasteiger partial charge in [0.25, 0.3) is 0 Å². The minimum atomic E-state index is -1.42. The SMILES string of the molecule is CCC[C@@H]1C[C@@H](C(=O)NC(C(C)O)[C@H]2O[C@H](SC)[C@H](O)[C@@H](O)[C@H]2O)N(C)C1. The maximum absolute atomic E-state index is 12.8. The number of thioether (sulfide) groups is 1. The van der Waals surface area contributed by atoms with E-state index in [1.54, 1.807) is 6.26 Å². The zero-order valence-electron chi connectivity index (χ0n) is 16.5. The van der Waals surface area contributed by atoms with Crippen LogP contribution in [0, 0.1) is 5.92 Å². The molecule has 27 heavy (non-hydrogen) atoms. The second-order valence-electron chi connectivity index (χ2n) is 7.80. The Morgan fingerprint density at radius 3 is 2.52 bits per heavy atom. The molecule has 158 valence electrons. The summed E-state index contributed by atoms with van der Waals surface area (Å²) < 4.78 is 5.72. The maximum atomic E-state index is 12.8. The second-order valence-corrected chi connectivity index (χ2v) is 8.73. The van der Waals surface area contributed by atoms with E-state index in [0.29, 0.717) is 5.92 Å². The molecule has 2 unspecified atom stereocenters. The number of carbonyl (C=O) groups is 1. The summed E-state index contributed by atoms with van der Waals surface area (Å²) in [7, 11) is 1.91. The first-order chi connectivity index (χ1) is 12.7. The third-order valence-corrected chi connectivity index (χ3v) is 6.51. The molecule has 0 bridgehead atoms. The van der Waals surface area contributed by atoms with Crippen LogP contribution in [0.3, 0.4) is 0 Å². The van der Waals surface area contributed by atoms with Crippen LogP contribution >= 0.6 is 11.8 Å². The molecule has 9 heteroatoms. The molecular weight excluding hydrogens is 372 g/mol. The molecule has 2 heterocycles. The van der Waals surface area contributed by atoms with Crippen molar-refractivity contribution in [2.75, 3.05) is 19.8 Å². The van der Waals surface area contributed by atoms with E-state index in [1.165, 1.54) is 18.7 Å². The summed E-state index contributed by atoms with van der Waals surface area (Å²) >= 11 is 1.20. The molecule has 2 saturated heterocycles. The van der Waals surface area contributed by atoms with E-state index in [9.17, 15) is 25.2 Å². The second kappa shape index (κ2) is 9.87. The highest BCUT2D eigenvalue weighted by atomic mass is 32.2. The number of likely N-dealkylation sites (tertiary alicyclic amines) is 1. The van der Waals surface area contributed by atoms with Crippen molar-refractivity contribution in [1.29, 1.82) is 0 Å². The van der Waals surface area contributed by atoms with Crippen molar-refractivity contribution < 1.29 is 30.0 Å². The predicted octanol–water partition coefficient (Wildman–Crippen LogP) is -0.857. The number of ether oxygens (including phenoxy) is 1. The average Bonchev–Trinajstić information content (AvgIpc) is 2.99. The lowest BCUT2D eigenvalue weighted by Crippen LogP contribution is -2.65. The van der Waals surface area contributed by atoms with Crippen LogP contribution in [0.5, 0.6) is 0 Å². The molecular formula is C18H34N2O6S. The first kappa shape index (κ1) is 22.9. The van der Waals surface area contributed by atoms with Crippen LogP contribution in [0.2, 0.25) is 0 Å². The first-order valence-electron chi connectivity index (χ1n) is 9.62. The van der Waals surface area contributed by atoms with Crippen molar-refractivity contribution in [3.63, 3.8) is 0 Å². The fourth-order valence-electron chi connectivity index (χ4n) is 4.13. The molecule has 1 amide bonds. The van der Waals surface area contributed by atoms with Crippen molar-refractivity contribution >= 4 is 17.7 Å². The number of likely N-dealkylation sites (N-methyl/N-ethyl adjacent to an activating group) is 1. The largest absolute Gasteiger partial charge is 0.391 e. The Balaban J connectivity index is 2.09. The number of amides is 1. The highest BCUT2D eigenvalue weighted by Gasteiger charge is 2.48. The van der Waals surface area contributed by atoms with E-state index in [1.807, 2.05) is 11.9 Å². The van der Waals surface area contributed by atoms with Crippen LogP contribution < -0.4 is 5.32 Å². The van der Waals surface area contributed by atoms with Crippen molar-refractivity contribution in [3.8, 4) is 0 Å². The van der Waals surface area contributed by atoms with Crippen molar-refractivity contribution in [2.45, 2.75) is 81.1 Å². The predicted molar refractivity (Wildman–Crippen MR) is 103 cm³/mol. The van der Waals surface area contributed by atoms with Gasteiger partial charge in [0.1, 0.15) is 29.9 Å². The number of hydrogen-bond acceptors (Lipinski definition) is 8. The standard InChI is InChI=1S/C18H34N2O6S/c1-5-6-10-7-11(20(3)8-10)17(25)19-12(9(2)21)16-14(23)13(22)15(24)18(26-16)27-4/h9-16,18,21-24H,5-8H2,1-4H3,(H,19,25)/t9?,10-,11+,12?,13+,14-,15-,16-,18-/m1/s1. The summed E-state index contributed by atoms with van der Waals surface area (Å²) in [5.74, 6) is 0.245. The highest BCUT2D eigenvalue weighted by Crippen LogP contribution is 2.30. The van der Waals surface area contributed by atoms with Crippen LogP contribution in [0.4, 0.5) is 0 Å². The van der Waals surface area contributed by atoms with Gasteiger partial charge in [-0.25, -0.2) is 0 Å². The lowest BCUT2D eigenvalue weighted by molar-refractivity contribution is -0.211. The summed E-state index contributed by atoms with van der Waals surface area (Å²) in [5.41, 5.74) is -0.755. The van der Waals surface area contributed by atoms with Crippen LogP contribution in [-0.4, -0.2) is 99.1 Å². The number of nitrogens with zero attached hydrogens (tertiary/aromatic N) is 1. The molecule has 0 saturated carbocycles. The van der Waals surface area contributed by atoms with Crippen molar-refractivity contribution in [1.82, 2.24) is 10.2 Å². The molecule has 0 spiro atoms. The molecule has 0 aromatic carbocycles. The number of aliphatic hydroxyl groups excluding tert-OH is 4. The summed E-state index contributed by atoms with van der Waals surface area (Å²) in [5, 5.41) is 43.5. The summed E-state index contributed by atoms with van der Waals surface area (Å²) in [4.78, 5) is 14.9. The quantitative estimate of drug-likeness (QED) is 0.370. The molecule has 0 aromatic heterocycles. The van der Waals surface area contributed by atoms with E-state index in [0.717, 1.165) is 25.8 Å². The van der Waals surface area contributed by atoms with Gasteiger partial charge in [-0.2, -0.15) is 0 Å². The number of carbonyl (C=O) groups excluding carboxylic acids is 1. The number of nitrogens with one attached hydrogen (secondary N) is 1. The normalized spacial score (nSPS) is 39.9. The van der Waals surface area contributed by atoms with Gasteiger partial charge in [-0.1, -0.05) is 13.3 Å². The maximum Gasteiger partial charge on any atom is 0.237 e. The topological polar surface area (TPSA) is 122 Å². The molecule has 0 radical (unpaired) electrons. The fourth-order valence-corrected chi connectivity index (χ4v) is 4.81. The van der Waals surface area contributed by atoms with Crippen LogP contribution in [-0.2, 0) is 9.53 Å². The number of hydrogen-bond donors (Lipinski definition) is 5. The van der Waals surface area contributed by atoms with Gasteiger partial charge in [0, 0.05) is 6.54 Å². The summed E-state index contributed by atoms with van der Waals surface area (Å²) in [6.45, 7) is 4.48. The van der Waals surface area contributed by atoms with Gasteiger partial charge in [-0.15, -0.1) is 11.8 Å². The third kappa shape index (κ3) is 5.14. The average molecular weight is 407 g/mol. The lowest BCUT2D eigenvalue weighted by Gasteiger charge is -2.44. The van der Waals surface area contributed by atoms with E-state index in [4.69, 9.17) is 4.74 Å². The van der Waals surface area contributed by atoms with Gasteiger partial charge >= 0.3 is 0 Å². The molecule has 5 N–H and O–H groups in total. The van der Waals surface area contributed by atoms with E-state index >= 15 is 0 Å². The van der Waals surface area contributed by atoms with Gasteiger partial charge in [-0.05, 0) is 39.0 Å². The number of rotatable bonds is 7. The fraction of sp³-hybridized carbons (Fsp3) is 0.944. The van der Waals surface area contributed by atoms with Crippen LogP contribution in [0.25, 0.3) is 0 Å². The highest BCUT2D eigenvalue weighted by molar-refractivity contribution is 7.99. The monoisotopic (exact) mass is 406 g/mol. The first-order valence-corrected chi connectivity index (χ1v) is 10.9. The Kier molecular flexibility index (Phi) is 8.35. The molecule has 2 rings (SSSR count). The summed E-state index contributed by atoms with van der Waals surface area (Å²) in [6, 6.07) is -1.20. The van der Waals surface area contributed by atoms with E-state index < -0.39 is 42.0 Å². The van der Waals surface area contributed by atoms with Gasteiger partial charge in [0.05, 0.1) is 18.2 Å². The zero-order chi connectivity index (χ0) is 20.3. The van der Waals surface area contributed by atoms with E-state index in [-0.39, 0.29) is 11.9 Å². The van der Waals surface area contributed by atoms with Gasteiger partial charge in [-0.3, -0.25) is 9.69 Å². The molecule has 0 aliphatic carbocycles. The van der Waals surface area contributed by atoms with Crippen LogP contribution in [0.15, 0.2) is 0 Å². The Hall–Kier alpha value is -0.420. The molecule has 9 atom stereocenters. The Morgan fingerprint density at radius 2 is 1.96 bits per heavy atom. The minimum absolute atomic E-state index is 0.223. The molecule has 0 aromatic rings. The van der Waals surface area contributed by atoms with Gasteiger partial charge in [0.15, 0.2) is 0 Å². The van der Waals surface area contributed by atoms with Crippen LogP contribution in [0.1, 0.15) is 33.1 Å². The molecule has 2 aliphatic heterocycles. The van der Waals surface area contributed by atoms with E-state index in [2.05, 4.69) is 12.2 Å². The smallest absolute Gasteiger partial charge is 0.237 e. The Morgan fingerprint density at radius 1 is 1.30 bits per heavy atom. The Bertz CT molecular complexity index is 494. The third-order valence-electron chi connectivity index (χ3n) is 5.66. The van der Waals surface area contributed by atoms with Gasteiger partial charge in [0.2, 0.25) is 5.91 Å². The number of aliphatic hydroxyl groups is 4. The zero-order valence-corrected chi connectivity index (χ0v) is 17.3. The summed E-state index contributed by atoms with van der Waals surface area (Å²) in [6.07, 6.45) is -1.50. The lowest BCUT2D eigenvalue weighted by atomic mass is 9.92. The molecule has 2 aliphatic rings.